The molecule has 1 aromatic heterocycles. The molecule has 0 radical (unpaired) electrons. The van der Waals surface area contributed by atoms with Gasteiger partial charge in [0.25, 0.3) is 0 Å². The molecule has 1 saturated carbocycles. The predicted octanol–water partition coefficient (Wildman–Crippen LogP) is 4.38. The smallest absolute Gasteiger partial charge is 0.320 e. The van der Waals surface area contributed by atoms with Gasteiger partial charge in [-0.25, -0.2) is 14.4 Å². The second-order valence-electron chi connectivity index (χ2n) is 10.9. The Kier molecular flexibility index (Phi) is 8.50. The van der Waals surface area contributed by atoms with E-state index in [0.29, 0.717) is 66.1 Å². The first-order valence-electron chi connectivity index (χ1n) is 14.1. The molecule has 1 unspecified atom stereocenters. The number of ether oxygens (including phenoxy) is 2. The molecular weight excluding hydrogens is 563 g/mol. The van der Waals surface area contributed by atoms with Gasteiger partial charge >= 0.3 is 5.97 Å². The number of nitrogens with zero attached hydrogens (tertiary/aromatic N) is 4. The van der Waals surface area contributed by atoms with Crippen molar-refractivity contribution >= 4 is 51.6 Å². The molecule has 12 heteroatoms. The minimum atomic E-state index is -0.511. The molecule has 2 aromatic carbocycles. The van der Waals surface area contributed by atoms with E-state index in [9.17, 15) is 14.0 Å². The number of amides is 1. The highest BCUT2D eigenvalue weighted by molar-refractivity contribution is 6.31. The number of anilines is 3. The van der Waals surface area contributed by atoms with E-state index in [4.69, 9.17) is 21.1 Å². The fourth-order valence-corrected chi connectivity index (χ4v) is 5.53. The lowest BCUT2D eigenvalue weighted by atomic mass is 9.86. The van der Waals surface area contributed by atoms with Crippen molar-refractivity contribution in [2.24, 2.45) is 5.92 Å². The fourth-order valence-electron chi connectivity index (χ4n) is 5.35. The van der Waals surface area contributed by atoms with Gasteiger partial charge in [0.05, 0.1) is 35.4 Å². The summed E-state index contributed by atoms with van der Waals surface area (Å²) in [6.07, 6.45) is 8.26. The molecule has 0 bridgehead atoms. The third-order valence-corrected chi connectivity index (χ3v) is 8.26. The lowest BCUT2D eigenvalue weighted by Crippen LogP contribution is -2.59. The van der Waals surface area contributed by atoms with E-state index in [1.807, 2.05) is 6.08 Å². The Hall–Kier alpha value is -3.80. The number of hydrogen-bond donors (Lipinski definition) is 2. The van der Waals surface area contributed by atoms with Crippen LogP contribution in [0.3, 0.4) is 0 Å². The first kappa shape index (κ1) is 28.3. The van der Waals surface area contributed by atoms with Gasteiger partial charge in [0.1, 0.15) is 30.3 Å². The van der Waals surface area contributed by atoms with Crippen LogP contribution in [0.2, 0.25) is 5.02 Å². The molecule has 220 valence electrons. The first-order chi connectivity index (χ1) is 20.4. The van der Waals surface area contributed by atoms with Gasteiger partial charge in [0.2, 0.25) is 5.91 Å². The maximum absolute atomic E-state index is 13.7. The van der Waals surface area contributed by atoms with E-state index in [0.717, 1.165) is 32.5 Å². The quantitative estimate of drug-likeness (QED) is 0.275. The van der Waals surface area contributed by atoms with E-state index >= 15 is 0 Å². The number of morpholine rings is 1. The van der Waals surface area contributed by atoms with Crippen LogP contribution in [0.1, 0.15) is 19.3 Å². The third-order valence-electron chi connectivity index (χ3n) is 7.97. The normalized spacial score (nSPS) is 19.8. The van der Waals surface area contributed by atoms with Crippen LogP contribution in [0.15, 0.2) is 48.8 Å². The first-order valence-corrected chi connectivity index (χ1v) is 14.5. The number of nitrogens with one attached hydrogen (secondary N) is 2. The van der Waals surface area contributed by atoms with Crippen molar-refractivity contribution in [1.29, 1.82) is 0 Å². The molecule has 1 aliphatic carbocycles. The molecule has 42 heavy (non-hydrogen) atoms. The number of carbonyl (C=O) groups excluding carboxylic acids is 2. The molecule has 0 spiro atoms. The number of cyclic esters (lactones) is 1. The largest absolute Gasteiger partial charge is 0.491 e. The van der Waals surface area contributed by atoms with Crippen LogP contribution in [0.25, 0.3) is 10.9 Å². The Balaban J connectivity index is 1.17. The second kappa shape index (κ2) is 12.6. The van der Waals surface area contributed by atoms with Crippen molar-refractivity contribution in [3.63, 3.8) is 0 Å². The minimum Gasteiger partial charge on any atom is -0.491 e. The van der Waals surface area contributed by atoms with Crippen molar-refractivity contribution in [1.82, 2.24) is 19.8 Å². The summed E-state index contributed by atoms with van der Waals surface area (Å²) in [5, 5.41) is 6.79. The Morgan fingerprint density at radius 2 is 2.10 bits per heavy atom. The zero-order chi connectivity index (χ0) is 29.1. The standard InChI is InChI=1S/C30H32ClFN6O4/c31-23-11-20(6-7-24(23)32)35-30-22-12-26(27(13-25(22)33-18-34-30)41-16-19-3-1-4-19)36-28(39)5-2-8-37-9-10-38-15-29(40)42-17-21(38)14-37/h2,5-7,11-13,18-19,21H,1,3-4,8-10,14-17H2,(H,36,39)(H,33,34,35). The van der Waals surface area contributed by atoms with Crippen LogP contribution in [-0.4, -0.2) is 83.6 Å². The molecule has 3 aromatic rings. The van der Waals surface area contributed by atoms with Crippen molar-refractivity contribution in [2.75, 3.05) is 56.6 Å². The number of rotatable bonds is 9. The summed E-state index contributed by atoms with van der Waals surface area (Å²) in [4.78, 5) is 37.7. The number of hydrogen-bond acceptors (Lipinski definition) is 9. The minimum absolute atomic E-state index is 0.00571. The van der Waals surface area contributed by atoms with Crippen molar-refractivity contribution in [3.8, 4) is 5.75 Å². The zero-order valence-electron chi connectivity index (χ0n) is 23.0. The van der Waals surface area contributed by atoms with E-state index < -0.39 is 5.82 Å². The molecular formula is C30H32ClFN6O4. The van der Waals surface area contributed by atoms with Gasteiger partial charge in [-0.1, -0.05) is 24.1 Å². The Bertz CT molecular complexity index is 1520. The van der Waals surface area contributed by atoms with Crippen molar-refractivity contribution in [2.45, 2.75) is 25.3 Å². The lowest BCUT2D eigenvalue weighted by molar-refractivity contribution is -0.157. The van der Waals surface area contributed by atoms with Crippen LogP contribution >= 0.6 is 11.6 Å². The molecule has 10 nitrogen and oxygen atoms in total. The van der Waals surface area contributed by atoms with Crippen molar-refractivity contribution < 1.29 is 23.5 Å². The van der Waals surface area contributed by atoms with Gasteiger partial charge in [-0.15, -0.1) is 0 Å². The number of fused-ring (bicyclic) bond motifs is 2. The van der Waals surface area contributed by atoms with Gasteiger partial charge in [-0.05, 0) is 43.0 Å². The van der Waals surface area contributed by atoms with E-state index in [-0.39, 0.29) is 22.9 Å². The molecule has 2 N–H and O–H groups in total. The Morgan fingerprint density at radius 1 is 1.21 bits per heavy atom. The maximum atomic E-state index is 13.7. The monoisotopic (exact) mass is 594 g/mol. The molecule has 1 amide bonds. The zero-order valence-corrected chi connectivity index (χ0v) is 23.8. The Morgan fingerprint density at radius 3 is 2.90 bits per heavy atom. The summed E-state index contributed by atoms with van der Waals surface area (Å²) in [7, 11) is 0. The summed E-state index contributed by atoms with van der Waals surface area (Å²) in [6.45, 7) is 4.30. The van der Waals surface area contributed by atoms with E-state index in [2.05, 4.69) is 30.4 Å². The topological polar surface area (TPSA) is 109 Å². The van der Waals surface area contributed by atoms with Gasteiger partial charge in [0.15, 0.2) is 0 Å². The SMILES string of the molecule is O=C(C=CCN1CCN2CC(=O)OCC2C1)Nc1cc2c(Nc3ccc(F)c(Cl)c3)ncnc2cc1OCC1CCC1. The summed E-state index contributed by atoms with van der Waals surface area (Å²) >= 11 is 5.96. The summed E-state index contributed by atoms with van der Waals surface area (Å²) in [5.74, 6) is 0.548. The summed E-state index contributed by atoms with van der Waals surface area (Å²) in [6, 6.07) is 8.10. The molecule has 2 saturated heterocycles. The van der Waals surface area contributed by atoms with Crippen LogP contribution in [0.4, 0.5) is 21.6 Å². The lowest BCUT2D eigenvalue weighted by Gasteiger charge is -2.42. The predicted molar refractivity (Wildman–Crippen MR) is 158 cm³/mol. The fraction of sp³-hybridized carbons (Fsp3) is 0.400. The number of piperazine rings is 1. The number of carbonyl (C=O) groups is 2. The average molecular weight is 595 g/mol. The number of halogens is 2. The van der Waals surface area contributed by atoms with Crippen LogP contribution in [0, 0.1) is 11.7 Å². The number of esters is 1. The molecule has 2 aliphatic heterocycles. The van der Waals surface area contributed by atoms with Gasteiger partial charge < -0.3 is 20.1 Å². The van der Waals surface area contributed by atoms with E-state index in [1.165, 1.54) is 31.0 Å². The molecule has 3 fully saturated rings. The highest BCUT2D eigenvalue weighted by Gasteiger charge is 2.32. The second-order valence-corrected chi connectivity index (χ2v) is 11.3. The molecule has 3 aliphatic rings. The molecule has 3 heterocycles. The van der Waals surface area contributed by atoms with Gasteiger partial charge in [-0.2, -0.15) is 0 Å². The van der Waals surface area contributed by atoms with Crippen molar-refractivity contribution in [3.05, 3.63) is 59.7 Å². The van der Waals surface area contributed by atoms with Gasteiger partial charge in [0, 0.05) is 49.4 Å². The third kappa shape index (κ3) is 6.64. The van der Waals surface area contributed by atoms with Crippen LogP contribution < -0.4 is 15.4 Å². The van der Waals surface area contributed by atoms with Gasteiger partial charge in [-0.3, -0.25) is 19.4 Å². The molecule has 1 atom stereocenters. The van der Waals surface area contributed by atoms with Crippen LogP contribution in [0.5, 0.6) is 5.75 Å². The highest BCUT2D eigenvalue weighted by Crippen LogP contribution is 2.35. The van der Waals surface area contributed by atoms with Crippen LogP contribution in [-0.2, 0) is 14.3 Å². The summed E-state index contributed by atoms with van der Waals surface area (Å²) in [5.41, 5.74) is 1.70. The Labute approximate surface area is 247 Å². The average Bonchev–Trinajstić information content (AvgIpc) is 2.95. The number of benzene rings is 2. The highest BCUT2D eigenvalue weighted by atomic mass is 35.5. The number of aromatic nitrogens is 2. The maximum Gasteiger partial charge on any atom is 0.320 e. The molecule has 6 rings (SSSR count). The van der Waals surface area contributed by atoms with E-state index in [1.54, 1.807) is 18.2 Å². The summed E-state index contributed by atoms with van der Waals surface area (Å²) < 4.78 is 25.1.